The van der Waals surface area contributed by atoms with Crippen LogP contribution in [-0.2, 0) is 0 Å². The molecule has 0 atom stereocenters. The summed E-state index contributed by atoms with van der Waals surface area (Å²) in [7, 11) is 0. The van der Waals surface area contributed by atoms with Crippen LogP contribution in [0, 0.1) is 0 Å². The van der Waals surface area contributed by atoms with E-state index in [0.717, 1.165) is 0 Å². The van der Waals surface area contributed by atoms with Crippen LogP contribution in [0.1, 0.15) is 35.1 Å². The Labute approximate surface area is 88.5 Å². The second-order valence-corrected chi connectivity index (χ2v) is 1.59. The number of aliphatic hydroxyl groups is 1. The molecule has 14 heavy (non-hydrogen) atoms. The topological polar surface area (TPSA) is 29.5 Å². The summed E-state index contributed by atoms with van der Waals surface area (Å²) in [5, 5.41) is 8.30. The molecule has 0 aliphatic heterocycles. The van der Waals surface area contributed by atoms with Gasteiger partial charge in [0.15, 0.2) is 6.79 Å². The van der Waals surface area contributed by atoms with Crippen LogP contribution in [0.4, 0.5) is 0 Å². The Morgan fingerprint density at radius 1 is 1.00 bits per heavy atom. The summed E-state index contributed by atoms with van der Waals surface area (Å²) >= 11 is 0. The van der Waals surface area contributed by atoms with Gasteiger partial charge in [-0.1, -0.05) is 53.3 Å². The summed E-state index contributed by atoms with van der Waals surface area (Å²) in [5.74, 6) is 0.694. The Bertz CT molecular complexity index is 161. The van der Waals surface area contributed by atoms with Gasteiger partial charge in [-0.25, -0.2) is 0 Å². The van der Waals surface area contributed by atoms with E-state index in [-0.39, 0.29) is 14.2 Å². The maximum atomic E-state index is 8.30. The van der Waals surface area contributed by atoms with E-state index in [0.29, 0.717) is 5.75 Å². The third-order valence-electron chi connectivity index (χ3n) is 0.974. The van der Waals surface area contributed by atoms with Gasteiger partial charge in [0.25, 0.3) is 0 Å². The zero-order valence-corrected chi connectivity index (χ0v) is 8.95. The van der Waals surface area contributed by atoms with Gasteiger partial charge in [-0.3, -0.25) is 0 Å². The SMILES string of the molecule is C.CC.CC.OCOc1ccccc1. The highest BCUT2D eigenvalue weighted by atomic mass is 16.6. The van der Waals surface area contributed by atoms with Crippen molar-refractivity contribution < 1.29 is 9.84 Å². The number of hydrogen-bond donors (Lipinski definition) is 1. The van der Waals surface area contributed by atoms with Crippen molar-refractivity contribution in [2.75, 3.05) is 6.79 Å². The summed E-state index contributed by atoms with van der Waals surface area (Å²) in [5.41, 5.74) is 0. The molecule has 0 aromatic heterocycles. The molecule has 84 valence electrons. The van der Waals surface area contributed by atoms with E-state index < -0.39 is 0 Å². The molecule has 0 saturated carbocycles. The van der Waals surface area contributed by atoms with Gasteiger partial charge in [-0.2, -0.15) is 0 Å². The van der Waals surface area contributed by atoms with E-state index in [9.17, 15) is 0 Å². The number of aliphatic hydroxyl groups excluding tert-OH is 1. The molecule has 0 saturated heterocycles. The molecule has 2 nitrogen and oxygen atoms in total. The van der Waals surface area contributed by atoms with Crippen LogP contribution in [0.3, 0.4) is 0 Å². The smallest absolute Gasteiger partial charge is 0.186 e. The number of ether oxygens (including phenoxy) is 1. The fourth-order valence-corrected chi connectivity index (χ4v) is 0.591. The fourth-order valence-electron chi connectivity index (χ4n) is 0.591. The Hall–Kier alpha value is -1.02. The quantitative estimate of drug-likeness (QED) is 0.737. The first-order valence-electron chi connectivity index (χ1n) is 4.72. The summed E-state index contributed by atoms with van der Waals surface area (Å²) in [6.45, 7) is 7.74. The Balaban J connectivity index is -0.000000216. The number of rotatable bonds is 2. The maximum absolute atomic E-state index is 8.30. The summed E-state index contributed by atoms with van der Waals surface area (Å²) in [6.07, 6.45) is 0. The summed E-state index contributed by atoms with van der Waals surface area (Å²) in [4.78, 5) is 0. The van der Waals surface area contributed by atoms with E-state index in [4.69, 9.17) is 9.84 Å². The van der Waals surface area contributed by atoms with Crippen molar-refractivity contribution >= 4 is 0 Å². The van der Waals surface area contributed by atoms with Crippen LogP contribution in [0.5, 0.6) is 5.75 Å². The molecule has 1 aromatic rings. The van der Waals surface area contributed by atoms with Crippen molar-refractivity contribution in [2.24, 2.45) is 0 Å². The molecule has 0 spiro atoms. The van der Waals surface area contributed by atoms with E-state index in [1.165, 1.54) is 0 Å². The first-order chi connectivity index (χ1) is 6.43. The van der Waals surface area contributed by atoms with E-state index >= 15 is 0 Å². The molecule has 0 aliphatic carbocycles. The first kappa shape index (κ1) is 18.7. The molecule has 0 radical (unpaired) electrons. The Kier molecular flexibility index (Phi) is 23.9. The highest BCUT2D eigenvalue weighted by Crippen LogP contribution is 2.06. The van der Waals surface area contributed by atoms with Crippen LogP contribution in [0.2, 0.25) is 0 Å². The predicted molar refractivity (Wildman–Crippen MR) is 63.6 cm³/mol. The number of para-hydroxylation sites is 1. The minimum atomic E-state index is -0.260. The third-order valence-corrected chi connectivity index (χ3v) is 0.974. The third kappa shape index (κ3) is 11.0. The molecule has 2 heteroatoms. The lowest BCUT2D eigenvalue weighted by atomic mass is 10.3. The molecule has 0 unspecified atom stereocenters. The zero-order valence-electron chi connectivity index (χ0n) is 8.95. The average Bonchev–Trinajstić information content (AvgIpc) is 2.26. The maximum Gasteiger partial charge on any atom is 0.186 e. The second kappa shape index (κ2) is 17.9. The molecule has 0 aliphatic rings. The monoisotopic (exact) mass is 200 g/mol. The fraction of sp³-hybridized carbons (Fsp3) is 0.500. The Morgan fingerprint density at radius 3 is 1.79 bits per heavy atom. The summed E-state index contributed by atoms with van der Waals surface area (Å²) in [6, 6.07) is 9.17. The van der Waals surface area contributed by atoms with Crippen LogP contribution < -0.4 is 4.74 Å². The molecule has 0 fully saturated rings. The van der Waals surface area contributed by atoms with Gasteiger partial charge in [-0.15, -0.1) is 0 Å². The average molecular weight is 200 g/mol. The molecular formula is C12H24O2. The highest BCUT2D eigenvalue weighted by Gasteiger charge is 1.84. The van der Waals surface area contributed by atoms with Crippen molar-refractivity contribution in [2.45, 2.75) is 35.1 Å². The standard InChI is InChI=1S/C7H8O2.2C2H6.CH4/c8-6-9-7-4-2-1-3-5-7;2*1-2;/h1-5,8H,6H2;2*1-2H3;1H4. The van der Waals surface area contributed by atoms with Crippen LogP contribution in [-0.4, -0.2) is 11.9 Å². The molecule has 1 aromatic carbocycles. The van der Waals surface area contributed by atoms with Crippen molar-refractivity contribution in [3.63, 3.8) is 0 Å². The van der Waals surface area contributed by atoms with Crippen LogP contribution >= 0.6 is 0 Å². The van der Waals surface area contributed by atoms with Gasteiger partial charge < -0.3 is 9.84 Å². The summed E-state index contributed by atoms with van der Waals surface area (Å²) < 4.78 is 4.76. The molecule has 1 rings (SSSR count). The minimum absolute atomic E-state index is 0. The van der Waals surface area contributed by atoms with Gasteiger partial charge >= 0.3 is 0 Å². The van der Waals surface area contributed by atoms with Crippen LogP contribution in [0.15, 0.2) is 30.3 Å². The van der Waals surface area contributed by atoms with Crippen molar-refractivity contribution in [1.29, 1.82) is 0 Å². The van der Waals surface area contributed by atoms with Gasteiger partial charge in [0.2, 0.25) is 0 Å². The van der Waals surface area contributed by atoms with Gasteiger partial charge in [0.05, 0.1) is 0 Å². The Morgan fingerprint density at radius 2 is 1.43 bits per heavy atom. The molecule has 0 heterocycles. The lowest BCUT2D eigenvalue weighted by Crippen LogP contribution is -1.93. The van der Waals surface area contributed by atoms with Gasteiger partial charge in [-0.05, 0) is 12.1 Å². The second-order valence-electron chi connectivity index (χ2n) is 1.59. The van der Waals surface area contributed by atoms with Crippen molar-refractivity contribution in [1.82, 2.24) is 0 Å². The van der Waals surface area contributed by atoms with E-state index in [1.54, 1.807) is 12.1 Å². The predicted octanol–water partition coefficient (Wildman–Crippen LogP) is 3.70. The molecular weight excluding hydrogens is 176 g/mol. The van der Waals surface area contributed by atoms with Gasteiger partial charge in [0.1, 0.15) is 5.75 Å². The highest BCUT2D eigenvalue weighted by molar-refractivity contribution is 5.20. The van der Waals surface area contributed by atoms with Gasteiger partial charge in [0, 0.05) is 0 Å². The van der Waals surface area contributed by atoms with E-state index in [2.05, 4.69) is 0 Å². The number of hydrogen-bond acceptors (Lipinski definition) is 2. The van der Waals surface area contributed by atoms with Crippen LogP contribution in [0.25, 0.3) is 0 Å². The lowest BCUT2D eigenvalue weighted by molar-refractivity contribution is 0.0985. The minimum Gasteiger partial charge on any atom is -0.468 e. The molecule has 1 N–H and O–H groups in total. The molecule has 0 bridgehead atoms. The lowest BCUT2D eigenvalue weighted by Gasteiger charge is -1.98. The first-order valence-corrected chi connectivity index (χ1v) is 4.72. The molecule has 0 amide bonds. The largest absolute Gasteiger partial charge is 0.468 e. The van der Waals surface area contributed by atoms with Crippen molar-refractivity contribution in [3.05, 3.63) is 30.3 Å². The number of benzene rings is 1. The van der Waals surface area contributed by atoms with Crippen molar-refractivity contribution in [3.8, 4) is 5.75 Å². The van der Waals surface area contributed by atoms with E-state index in [1.807, 2.05) is 45.9 Å². The zero-order chi connectivity index (χ0) is 10.5. The normalized spacial score (nSPS) is 6.64.